The Hall–Kier alpha value is -1.17. The van der Waals surface area contributed by atoms with Crippen LogP contribution in [0.4, 0.5) is 5.82 Å². The third kappa shape index (κ3) is 3.15. The van der Waals surface area contributed by atoms with Gasteiger partial charge in [0.1, 0.15) is 5.82 Å². The van der Waals surface area contributed by atoms with Crippen molar-refractivity contribution >= 4 is 5.82 Å². The van der Waals surface area contributed by atoms with E-state index in [1.165, 1.54) is 0 Å². The van der Waals surface area contributed by atoms with Crippen LogP contribution in [0.2, 0.25) is 0 Å². The average Bonchev–Trinajstić information content (AvgIpc) is 2.28. The van der Waals surface area contributed by atoms with Crippen LogP contribution in [0.15, 0.2) is 6.07 Å². The molecule has 1 rings (SSSR count). The number of anilines is 1. The molecule has 0 bridgehead atoms. The van der Waals surface area contributed by atoms with Gasteiger partial charge in [-0.15, -0.1) is 0 Å². The Morgan fingerprint density at radius 1 is 1.35 bits per heavy atom. The van der Waals surface area contributed by atoms with E-state index in [-0.39, 0.29) is 13.2 Å². The number of aryl methyl sites for hydroxylation is 2. The first kappa shape index (κ1) is 13.9. The molecule has 5 N–H and O–H groups in total. The molecule has 96 valence electrons. The molecular weight excluding hydrogens is 218 g/mol. The molecule has 0 spiro atoms. The Morgan fingerprint density at radius 3 is 2.41 bits per heavy atom. The molecule has 0 unspecified atom stereocenters. The first-order valence-corrected chi connectivity index (χ1v) is 5.63. The Labute approximate surface area is 102 Å². The number of rotatable bonds is 5. The zero-order valence-electron chi connectivity index (χ0n) is 10.6. The van der Waals surface area contributed by atoms with Crippen molar-refractivity contribution < 1.29 is 10.2 Å². The van der Waals surface area contributed by atoms with E-state index < -0.39 is 5.54 Å². The van der Waals surface area contributed by atoms with Crippen LogP contribution in [0.3, 0.4) is 0 Å². The Balaban J connectivity index is 3.13. The molecule has 0 amide bonds. The fourth-order valence-electron chi connectivity index (χ4n) is 1.64. The lowest BCUT2D eigenvalue weighted by atomic mass is 10.0. The van der Waals surface area contributed by atoms with E-state index in [2.05, 4.69) is 10.3 Å². The number of hydrogen-bond acceptors (Lipinski definition) is 5. The molecule has 1 heterocycles. The third-order valence-corrected chi connectivity index (χ3v) is 2.80. The highest BCUT2D eigenvalue weighted by molar-refractivity contribution is 5.51. The normalized spacial score (nSPS) is 11.6. The summed E-state index contributed by atoms with van der Waals surface area (Å²) < 4.78 is 0. The van der Waals surface area contributed by atoms with Gasteiger partial charge in [-0.05, 0) is 32.4 Å². The monoisotopic (exact) mass is 239 g/mol. The lowest BCUT2D eigenvalue weighted by Crippen LogP contribution is -2.43. The van der Waals surface area contributed by atoms with Gasteiger partial charge in [-0.1, -0.05) is 0 Å². The SMILES string of the molecule is Cc1cc(C)c(CN)c(NC(C)(CO)CO)n1. The van der Waals surface area contributed by atoms with Crippen molar-refractivity contribution in [2.45, 2.75) is 32.9 Å². The number of aliphatic hydroxyl groups is 2. The highest BCUT2D eigenvalue weighted by atomic mass is 16.3. The van der Waals surface area contributed by atoms with Gasteiger partial charge in [-0.2, -0.15) is 0 Å². The Kier molecular flexibility index (Phi) is 4.45. The fraction of sp³-hybridized carbons (Fsp3) is 0.583. The van der Waals surface area contributed by atoms with Crippen molar-refractivity contribution in [1.29, 1.82) is 0 Å². The topological polar surface area (TPSA) is 91.4 Å². The molecule has 0 aliphatic rings. The highest BCUT2D eigenvalue weighted by Crippen LogP contribution is 2.21. The molecule has 0 saturated heterocycles. The maximum Gasteiger partial charge on any atom is 0.131 e. The fourth-order valence-corrected chi connectivity index (χ4v) is 1.64. The van der Waals surface area contributed by atoms with Gasteiger partial charge in [-0.25, -0.2) is 4.98 Å². The van der Waals surface area contributed by atoms with Crippen molar-refractivity contribution in [3.8, 4) is 0 Å². The molecule has 0 aliphatic carbocycles. The van der Waals surface area contributed by atoms with Gasteiger partial charge in [0.25, 0.3) is 0 Å². The number of hydrogen-bond donors (Lipinski definition) is 4. The summed E-state index contributed by atoms with van der Waals surface area (Å²) >= 11 is 0. The van der Waals surface area contributed by atoms with E-state index >= 15 is 0 Å². The van der Waals surface area contributed by atoms with E-state index in [0.29, 0.717) is 12.4 Å². The van der Waals surface area contributed by atoms with Gasteiger partial charge in [0.05, 0.1) is 18.8 Å². The minimum absolute atomic E-state index is 0.178. The smallest absolute Gasteiger partial charge is 0.131 e. The second-order valence-electron chi connectivity index (χ2n) is 4.61. The predicted octanol–water partition coefficient (Wildman–Crippen LogP) is 0.312. The van der Waals surface area contributed by atoms with Crippen molar-refractivity contribution in [2.24, 2.45) is 5.73 Å². The summed E-state index contributed by atoms with van der Waals surface area (Å²) in [6.45, 7) is 5.61. The van der Waals surface area contributed by atoms with Gasteiger partial charge in [0.15, 0.2) is 0 Å². The van der Waals surface area contributed by atoms with Crippen LogP contribution in [0.1, 0.15) is 23.7 Å². The van der Waals surface area contributed by atoms with Crippen LogP contribution in [-0.2, 0) is 6.54 Å². The average molecular weight is 239 g/mol. The third-order valence-electron chi connectivity index (χ3n) is 2.80. The summed E-state index contributed by atoms with van der Waals surface area (Å²) in [5.74, 6) is 0.635. The molecule has 0 fully saturated rings. The minimum Gasteiger partial charge on any atom is -0.394 e. The summed E-state index contributed by atoms with van der Waals surface area (Å²) in [5, 5.41) is 21.6. The summed E-state index contributed by atoms with van der Waals surface area (Å²) in [6, 6.07) is 1.96. The van der Waals surface area contributed by atoms with Crippen molar-refractivity contribution in [1.82, 2.24) is 4.98 Å². The van der Waals surface area contributed by atoms with Crippen molar-refractivity contribution in [3.05, 3.63) is 22.9 Å². The van der Waals surface area contributed by atoms with Crippen molar-refractivity contribution in [2.75, 3.05) is 18.5 Å². The number of aliphatic hydroxyl groups excluding tert-OH is 2. The number of nitrogens with two attached hydrogens (primary N) is 1. The Bertz CT molecular complexity index is 390. The highest BCUT2D eigenvalue weighted by Gasteiger charge is 2.24. The first-order valence-electron chi connectivity index (χ1n) is 5.63. The lowest BCUT2D eigenvalue weighted by Gasteiger charge is -2.28. The second kappa shape index (κ2) is 5.44. The number of pyridine rings is 1. The van der Waals surface area contributed by atoms with Crippen LogP contribution in [-0.4, -0.2) is 33.9 Å². The maximum atomic E-state index is 9.27. The predicted molar refractivity (Wildman–Crippen MR) is 67.8 cm³/mol. The Morgan fingerprint density at radius 2 is 1.94 bits per heavy atom. The molecule has 1 aromatic rings. The standard InChI is InChI=1S/C12H21N3O2/c1-8-4-9(2)14-11(10(8)5-13)15-12(3,6-16)7-17/h4,16-17H,5-7,13H2,1-3H3,(H,14,15). The van der Waals surface area contributed by atoms with Crippen molar-refractivity contribution in [3.63, 3.8) is 0 Å². The zero-order chi connectivity index (χ0) is 13.1. The van der Waals surface area contributed by atoms with Crippen LogP contribution in [0.5, 0.6) is 0 Å². The molecule has 0 radical (unpaired) electrons. The van der Waals surface area contributed by atoms with Crippen LogP contribution >= 0.6 is 0 Å². The quantitative estimate of drug-likeness (QED) is 0.593. The largest absolute Gasteiger partial charge is 0.394 e. The van der Waals surface area contributed by atoms with Crippen LogP contribution in [0.25, 0.3) is 0 Å². The van der Waals surface area contributed by atoms with Gasteiger partial charge in [0.2, 0.25) is 0 Å². The number of nitrogens with zero attached hydrogens (tertiary/aromatic N) is 1. The van der Waals surface area contributed by atoms with Gasteiger partial charge in [0, 0.05) is 17.8 Å². The first-order chi connectivity index (χ1) is 7.95. The second-order valence-corrected chi connectivity index (χ2v) is 4.61. The number of aromatic nitrogens is 1. The molecule has 5 nitrogen and oxygen atoms in total. The van der Waals surface area contributed by atoms with E-state index in [4.69, 9.17) is 5.73 Å². The van der Waals surface area contributed by atoms with E-state index in [1.54, 1.807) is 6.92 Å². The zero-order valence-corrected chi connectivity index (χ0v) is 10.6. The summed E-state index contributed by atoms with van der Waals surface area (Å²) in [7, 11) is 0. The molecule has 1 aromatic heterocycles. The summed E-state index contributed by atoms with van der Waals surface area (Å²) in [4.78, 5) is 4.37. The molecular formula is C12H21N3O2. The lowest BCUT2D eigenvalue weighted by molar-refractivity contribution is 0.147. The molecule has 0 aromatic carbocycles. The van der Waals surface area contributed by atoms with Gasteiger partial charge in [-0.3, -0.25) is 0 Å². The van der Waals surface area contributed by atoms with Crippen LogP contribution < -0.4 is 11.1 Å². The van der Waals surface area contributed by atoms with Gasteiger partial charge < -0.3 is 21.3 Å². The number of nitrogens with one attached hydrogen (secondary N) is 1. The van der Waals surface area contributed by atoms with E-state index in [0.717, 1.165) is 16.8 Å². The maximum absolute atomic E-state index is 9.27. The molecule has 17 heavy (non-hydrogen) atoms. The summed E-state index contributed by atoms with van der Waals surface area (Å²) in [6.07, 6.45) is 0. The van der Waals surface area contributed by atoms with Crippen LogP contribution in [0, 0.1) is 13.8 Å². The summed E-state index contributed by atoms with van der Waals surface area (Å²) in [5.41, 5.74) is 7.74. The molecule has 0 atom stereocenters. The minimum atomic E-state index is -0.794. The molecule has 0 aliphatic heterocycles. The molecule has 5 heteroatoms. The van der Waals surface area contributed by atoms with E-state index in [1.807, 2.05) is 19.9 Å². The molecule has 0 saturated carbocycles. The van der Waals surface area contributed by atoms with Gasteiger partial charge >= 0.3 is 0 Å². The van der Waals surface area contributed by atoms with E-state index in [9.17, 15) is 10.2 Å².